The number of aliphatic hydroxyl groups is 3. The van der Waals surface area contributed by atoms with E-state index in [-0.39, 0.29) is 6.61 Å². The summed E-state index contributed by atoms with van der Waals surface area (Å²) in [5.41, 5.74) is 0.312. The van der Waals surface area contributed by atoms with Gasteiger partial charge in [-0.25, -0.2) is 0 Å². The normalized spacial score (nSPS) is 34.5. The molecule has 3 N–H and O–H groups in total. The molecule has 0 bridgehead atoms. The molecule has 3 rings (SSSR count). The van der Waals surface area contributed by atoms with Gasteiger partial charge in [0.05, 0.1) is 25.1 Å². The van der Waals surface area contributed by atoms with Crippen LogP contribution in [0.1, 0.15) is 5.69 Å². The van der Waals surface area contributed by atoms with Gasteiger partial charge >= 0.3 is 0 Å². The molecule has 122 valence electrons. The van der Waals surface area contributed by atoms with Crippen LogP contribution in [-0.2, 0) is 15.9 Å². The highest BCUT2D eigenvalue weighted by molar-refractivity contribution is 8.14. The van der Waals surface area contributed by atoms with Crippen LogP contribution in [-0.4, -0.2) is 85.6 Å². The number of aromatic nitrogens is 3. The van der Waals surface area contributed by atoms with E-state index >= 15 is 0 Å². The Kier molecular flexibility index (Phi) is 4.76. The maximum Gasteiger partial charge on any atom is 0.188 e. The van der Waals surface area contributed by atoms with Gasteiger partial charge in [-0.15, -0.1) is 5.10 Å². The van der Waals surface area contributed by atoms with Crippen LogP contribution in [0.4, 0.5) is 0 Å². The van der Waals surface area contributed by atoms with Crippen LogP contribution in [0, 0.1) is 0 Å². The van der Waals surface area contributed by atoms with Crippen molar-refractivity contribution in [2.45, 2.75) is 36.2 Å². The molecule has 5 atom stereocenters. The lowest BCUT2D eigenvalue weighted by Crippen LogP contribution is -2.55. The quantitative estimate of drug-likeness (QED) is 0.593. The van der Waals surface area contributed by atoms with Crippen molar-refractivity contribution in [3.8, 4) is 0 Å². The number of aliphatic imine (C=N–C) groups is 1. The molecule has 0 radical (unpaired) electrons. The highest BCUT2D eigenvalue weighted by Gasteiger charge is 2.48. The molecule has 9 nitrogen and oxygen atoms in total. The Morgan fingerprint density at radius 1 is 1.41 bits per heavy atom. The molecule has 0 unspecified atom stereocenters. The summed E-state index contributed by atoms with van der Waals surface area (Å²) in [5, 5.41) is 37.7. The monoisotopic (exact) mass is 330 g/mol. The molecule has 2 aliphatic heterocycles. The van der Waals surface area contributed by atoms with Crippen molar-refractivity contribution in [1.29, 1.82) is 0 Å². The SMILES string of the molecule is COCCc1cn(C2=N[C@@H]3[C@@H](O)[C@H](O)[C@@H](CO)O[C@@H]3S2)nn1. The fourth-order valence-electron chi connectivity index (χ4n) is 2.39. The summed E-state index contributed by atoms with van der Waals surface area (Å²) in [7, 11) is 1.62. The zero-order valence-electron chi connectivity index (χ0n) is 11.9. The maximum atomic E-state index is 10.1. The van der Waals surface area contributed by atoms with E-state index in [9.17, 15) is 15.3 Å². The first-order valence-corrected chi connectivity index (χ1v) is 7.79. The lowest BCUT2D eigenvalue weighted by molar-refractivity contribution is -0.164. The minimum atomic E-state index is -1.16. The average Bonchev–Trinajstić information content (AvgIpc) is 3.15. The van der Waals surface area contributed by atoms with Crippen LogP contribution in [0.5, 0.6) is 0 Å². The van der Waals surface area contributed by atoms with E-state index in [1.165, 1.54) is 16.4 Å². The van der Waals surface area contributed by atoms with Gasteiger partial charge in [-0.3, -0.25) is 4.99 Å². The predicted octanol–water partition coefficient (Wildman–Crippen LogP) is -1.77. The molecule has 0 aliphatic carbocycles. The van der Waals surface area contributed by atoms with Gasteiger partial charge in [-0.05, 0) is 0 Å². The summed E-state index contributed by atoms with van der Waals surface area (Å²) in [6.45, 7) is 0.192. The third-order valence-corrected chi connectivity index (χ3v) is 4.75. The Labute approximate surface area is 130 Å². The number of thioether (sulfide) groups is 1. The summed E-state index contributed by atoms with van der Waals surface area (Å²) in [5.74, 6) is 0. The van der Waals surface area contributed by atoms with Gasteiger partial charge in [0.2, 0.25) is 0 Å². The summed E-state index contributed by atoms with van der Waals surface area (Å²) < 4.78 is 12.1. The molecular weight excluding hydrogens is 312 g/mol. The first-order valence-electron chi connectivity index (χ1n) is 6.91. The molecule has 1 aromatic heterocycles. The van der Waals surface area contributed by atoms with E-state index in [0.29, 0.717) is 18.2 Å². The smallest absolute Gasteiger partial charge is 0.188 e. The number of methoxy groups -OCH3 is 1. The van der Waals surface area contributed by atoms with E-state index in [4.69, 9.17) is 9.47 Å². The lowest BCUT2D eigenvalue weighted by atomic mass is 9.99. The predicted molar refractivity (Wildman–Crippen MR) is 77.6 cm³/mol. The Morgan fingerprint density at radius 3 is 2.95 bits per heavy atom. The third-order valence-electron chi connectivity index (χ3n) is 3.63. The van der Waals surface area contributed by atoms with Gasteiger partial charge in [0.15, 0.2) is 5.17 Å². The summed E-state index contributed by atoms with van der Waals surface area (Å²) in [6, 6.07) is -0.593. The first-order chi connectivity index (χ1) is 10.6. The summed E-state index contributed by atoms with van der Waals surface area (Å²) >= 11 is 1.28. The Hall–Kier alpha value is -1.04. The van der Waals surface area contributed by atoms with Crippen molar-refractivity contribution in [2.75, 3.05) is 20.3 Å². The highest BCUT2D eigenvalue weighted by atomic mass is 32.2. The lowest BCUT2D eigenvalue weighted by Gasteiger charge is -2.37. The van der Waals surface area contributed by atoms with Gasteiger partial charge in [-0.2, -0.15) is 4.68 Å². The fraction of sp³-hybridized carbons (Fsp3) is 0.750. The second kappa shape index (κ2) is 6.60. The molecule has 0 spiro atoms. The molecule has 1 saturated heterocycles. The van der Waals surface area contributed by atoms with Crippen LogP contribution in [0.25, 0.3) is 0 Å². The van der Waals surface area contributed by atoms with E-state index in [1.54, 1.807) is 13.3 Å². The number of rotatable bonds is 4. The summed E-state index contributed by atoms with van der Waals surface area (Å²) in [4.78, 5) is 4.37. The van der Waals surface area contributed by atoms with Gasteiger partial charge < -0.3 is 24.8 Å². The van der Waals surface area contributed by atoms with Crippen LogP contribution in [0.3, 0.4) is 0 Å². The number of hydrogen-bond acceptors (Lipinski definition) is 9. The standard InChI is InChI=1S/C12H18N4O5S/c1-20-3-2-6-4-16(15-14-6)12-13-8-10(19)9(18)7(5-17)21-11(8)22-12/h4,7-11,17-19H,2-3,5H2,1H3/t7-,8-,9-,10-,11-/m1/s1. The van der Waals surface area contributed by atoms with E-state index in [2.05, 4.69) is 15.3 Å². The van der Waals surface area contributed by atoms with Crippen molar-refractivity contribution in [1.82, 2.24) is 15.0 Å². The maximum absolute atomic E-state index is 10.1. The van der Waals surface area contributed by atoms with Crippen LogP contribution in [0.2, 0.25) is 0 Å². The van der Waals surface area contributed by atoms with Gasteiger partial charge in [-0.1, -0.05) is 17.0 Å². The fourth-order valence-corrected chi connectivity index (χ4v) is 3.54. The number of aliphatic hydroxyl groups excluding tert-OH is 3. The zero-order chi connectivity index (χ0) is 15.7. The Morgan fingerprint density at radius 2 is 2.23 bits per heavy atom. The van der Waals surface area contributed by atoms with Crippen LogP contribution in [0.15, 0.2) is 11.2 Å². The highest BCUT2D eigenvalue weighted by Crippen LogP contribution is 2.36. The molecule has 2 aliphatic rings. The molecule has 1 aromatic rings. The number of fused-ring (bicyclic) bond motifs is 1. The van der Waals surface area contributed by atoms with Crippen LogP contribution < -0.4 is 0 Å². The average molecular weight is 330 g/mol. The van der Waals surface area contributed by atoms with Gasteiger partial charge in [0, 0.05) is 13.5 Å². The third kappa shape index (κ3) is 2.90. The van der Waals surface area contributed by atoms with E-state index < -0.39 is 29.8 Å². The number of nitrogens with zero attached hydrogens (tertiary/aromatic N) is 4. The zero-order valence-corrected chi connectivity index (χ0v) is 12.8. The molecular formula is C12H18N4O5S. The molecule has 0 amide bonds. The van der Waals surface area contributed by atoms with Crippen molar-refractivity contribution in [3.63, 3.8) is 0 Å². The van der Waals surface area contributed by atoms with E-state index in [1.807, 2.05) is 0 Å². The topological polar surface area (TPSA) is 122 Å². The van der Waals surface area contributed by atoms with Gasteiger partial charge in [0.1, 0.15) is 29.8 Å². The largest absolute Gasteiger partial charge is 0.394 e. The molecule has 0 saturated carbocycles. The second-order valence-corrected chi connectivity index (χ2v) is 6.19. The molecule has 22 heavy (non-hydrogen) atoms. The van der Waals surface area contributed by atoms with Crippen molar-refractivity contribution >= 4 is 16.9 Å². The molecule has 10 heteroatoms. The molecule has 3 heterocycles. The number of hydrogen-bond donors (Lipinski definition) is 3. The summed E-state index contributed by atoms with van der Waals surface area (Å²) in [6.07, 6.45) is -0.674. The molecule has 1 fully saturated rings. The Balaban J connectivity index is 1.73. The van der Waals surface area contributed by atoms with Crippen molar-refractivity contribution in [3.05, 3.63) is 11.9 Å². The van der Waals surface area contributed by atoms with Crippen LogP contribution >= 0.6 is 11.8 Å². The minimum absolute atomic E-state index is 0.359. The Bertz CT molecular complexity index is 553. The molecule has 0 aromatic carbocycles. The number of ether oxygens (including phenoxy) is 2. The minimum Gasteiger partial charge on any atom is -0.394 e. The van der Waals surface area contributed by atoms with Crippen molar-refractivity contribution < 1.29 is 24.8 Å². The second-order valence-electron chi connectivity index (χ2n) is 5.12. The first kappa shape index (κ1) is 15.8. The van der Waals surface area contributed by atoms with E-state index in [0.717, 1.165) is 5.69 Å². The van der Waals surface area contributed by atoms with Crippen molar-refractivity contribution in [2.24, 2.45) is 4.99 Å². The van der Waals surface area contributed by atoms with Gasteiger partial charge in [0.25, 0.3) is 0 Å².